The number of ether oxygens (including phenoxy) is 2. The van der Waals surface area contributed by atoms with Crippen LogP contribution in [-0.4, -0.2) is 32.3 Å². The maximum Gasteiger partial charge on any atom is 0.245 e. The van der Waals surface area contributed by atoms with Gasteiger partial charge in [-0.15, -0.1) is 0 Å². The highest BCUT2D eigenvalue weighted by molar-refractivity contribution is 5.77. The van der Waals surface area contributed by atoms with Crippen LogP contribution in [0.5, 0.6) is 0 Å². The van der Waals surface area contributed by atoms with Gasteiger partial charge in [0.15, 0.2) is 0 Å². The van der Waals surface area contributed by atoms with E-state index < -0.39 is 0 Å². The molecule has 0 aromatic heterocycles. The van der Waals surface area contributed by atoms with Crippen molar-refractivity contribution in [3.8, 4) is 0 Å². The molecular formula is C18H27NO3. The maximum atomic E-state index is 11.5. The molecular weight excluding hydrogens is 278 g/mol. The van der Waals surface area contributed by atoms with Gasteiger partial charge in [0.05, 0.1) is 6.10 Å². The van der Waals surface area contributed by atoms with Crippen LogP contribution in [0.15, 0.2) is 24.3 Å². The topological polar surface area (TPSA) is 47.6 Å². The maximum absolute atomic E-state index is 11.5. The van der Waals surface area contributed by atoms with E-state index in [1.807, 2.05) is 6.92 Å². The molecule has 122 valence electrons. The Labute approximate surface area is 133 Å². The number of rotatable bonds is 9. The smallest absolute Gasteiger partial charge is 0.245 e. The SMILES string of the molecule is CCCOCC(=O)NCCCOC1CCCc2ccccc21. The molecule has 0 bridgehead atoms. The van der Waals surface area contributed by atoms with E-state index in [-0.39, 0.29) is 18.6 Å². The lowest BCUT2D eigenvalue weighted by atomic mass is 9.89. The van der Waals surface area contributed by atoms with E-state index in [4.69, 9.17) is 9.47 Å². The van der Waals surface area contributed by atoms with Gasteiger partial charge in [-0.05, 0) is 43.2 Å². The largest absolute Gasteiger partial charge is 0.373 e. The molecule has 1 aromatic carbocycles. The second-order valence-corrected chi connectivity index (χ2v) is 5.71. The number of carbonyl (C=O) groups is 1. The van der Waals surface area contributed by atoms with Crippen LogP contribution in [0.2, 0.25) is 0 Å². The number of fused-ring (bicyclic) bond motifs is 1. The molecule has 0 heterocycles. The Hall–Kier alpha value is -1.39. The van der Waals surface area contributed by atoms with Crippen LogP contribution in [0.25, 0.3) is 0 Å². The van der Waals surface area contributed by atoms with Crippen LogP contribution in [0.3, 0.4) is 0 Å². The summed E-state index contributed by atoms with van der Waals surface area (Å²) in [7, 11) is 0. The van der Waals surface area contributed by atoms with Crippen LogP contribution in [0.4, 0.5) is 0 Å². The van der Waals surface area contributed by atoms with Crippen molar-refractivity contribution in [2.45, 2.75) is 45.1 Å². The summed E-state index contributed by atoms with van der Waals surface area (Å²) < 4.78 is 11.2. The molecule has 0 saturated heterocycles. The van der Waals surface area contributed by atoms with E-state index >= 15 is 0 Å². The fraction of sp³-hybridized carbons (Fsp3) is 0.611. The minimum atomic E-state index is -0.0449. The first-order valence-corrected chi connectivity index (χ1v) is 8.35. The molecule has 1 atom stereocenters. The third-order valence-corrected chi connectivity index (χ3v) is 3.86. The Morgan fingerprint density at radius 2 is 2.18 bits per heavy atom. The molecule has 1 aromatic rings. The zero-order valence-corrected chi connectivity index (χ0v) is 13.5. The van der Waals surface area contributed by atoms with Gasteiger partial charge in [0.25, 0.3) is 0 Å². The summed E-state index contributed by atoms with van der Waals surface area (Å²) in [6, 6.07) is 8.54. The molecule has 1 N–H and O–H groups in total. The molecule has 4 nitrogen and oxygen atoms in total. The molecule has 0 saturated carbocycles. The zero-order chi connectivity index (χ0) is 15.6. The molecule has 22 heavy (non-hydrogen) atoms. The van der Waals surface area contributed by atoms with Crippen molar-refractivity contribution >= 4 is 5.91 Å². The zero-order valence-electron chi connectivity index (χ0n) is 13.5. The molecule has 2 rings (SSSR count). The van der Waals surface area contributed by atoms with E-state index in [0.29, 0.717) is 19.8 Å². The minimum Gasteiger partial charge on any atom is -0.373 e. The van der Waals surface area contributed by atoms with Gasteiger partial charge >= 0.3 is 0 Å². The predicted molar refractivity (Wildman–Crippen MR) is 86.8 cm³/mol. The number of carbonyl (C=O) groups excluding carboxylic acids is 1. The van der Waals surface area contributed by atoms with Crippen molar-refractivity contribution in [1.29, 1.82) is 0 Å². The van der Waals surface area contributed by atoms with Crippen LogP contribution in [0.1, 0.15) is 49.8 Å². The van der Waals surface area contributed by atoms with Gasteiger partial charge in [-0.1, -0.05) is 31.2 Å². The van der Waals surface area contributed by atoms with Gasteiger partial charge in [0, 0.05) is 19.8 Å². The highest BCUT2D eigenvalue weighted by Crippen LogP contribution is 2.32. The van der Waals surface area contributed by atoms with E-state index in [1.165, 1.54) is 17.5 Å². The predicted octanol–water partition coefficient (Wildman–Crippen LogP) is 3.01. The summed E-state index contributed by atoms with van der Waals surface area (Å²) in [6.45, 7) is 4.14. The molecule has 1 amide bonds. The Bertz CT molecular complexity index is 461. The molecule has 1 aliphatic carbocycles. The Kier molecular flexibility index (Phi) is 7.40. The molecule has 0 radical (unpaired) electrons. The summed E-state index contributed by atoms with van der Waals surface area (Å²) in [6.07, 6.45) is 5.42. The summed E-state index contributed by atoms with van der Waals surface area (Å²) in [5, 5.41) is 2.85. The van der Waals surface area contributed by atoms with Crippen molar-refractivity contribution in [3.63, 3.8) is 0 Å². The number of hydrogen-bond acceptors (Lipinski definition) is 3. The van der Waals surface area contributed by atoms with Crippen LogP contribution < -0.4 is 5.32 Å². The van der Waals surface area contributed by atoms with Crippen LogP contribution >= 0.6 is 0 Å². The second-order valence-electron chi connectivity index (χ2n) is 5.71. The third kappa shape index (κ3) is 5.43. The first kappa shape index (κ1) is 17.0. The van der Waals surface area contributed by atoms with Gasteiger partial charge in [0.1, 0.15) is 6.61 Å². The van der Waals surface area contributed by atoms with E-state index in [1.54, 1.807) is 0 Å². The highest BCUT2D eigenvalue weighted by Gasteiger charge is 2.19. The standard InChI is InChI=1S/C18H27NO3/c1-2-12-21-14-18(20)19-11-6-13-22-17-10-5-8-15-7-3-4-9-16(15)17/h3-4,7,9,17H,2,5-6,8,10-14H2,1H3,(H,19,20). The molecule has 4 heteroatoms. The first-order valence-electron chi connectivity index (χ1n) is 8.35. The highest BCUT2D eigenvalue weighted by atomic mass is 16.5. The van der Waals surface area contributed by atoms with Gasteiger partial charge in [-0.3, -0.25) is 4.79 Å². The minimum absolute atomic E-state index is 0.0449. The number of nitrogens with one attached hydrogen (secondary N) is 1. The normalized spacial score (nSPS) is 17.0. The summed E-state index contributed by atoms with van der Waals surface area (Å²) in [5.74, 6) is -0.0449. The Balaban J connectivity index is 1.61. The molecule has 1 unspecified atom stereocenters. The average molecular weight is 305 g/mol. The Morgan fingerprint density at radius 1 is 1.32 bits per heavy atom. The second kappa shape index (κ2) is 9.59. The van der Waals surface area contributed by atoms with Crippen molar-refractivity contribution in [2.75, 3.05) is 26.4 Å². The summed E-state index contributed by atoms with van der Waals surface area (Å²) in [4.78, 5) is 11.5. The monoisotopic (exact) mass is 305 g/mol. The third-order valence-electron chi connectivity index (χ3n) is 3.86. The van der Waals surface area contributed by atoms with E-state index in [2.05, 4.69) is 29.6 Å². The van der Waals surface area contributed by atoms with Gasteiger partial charge in [-0.2, -0.15) is 0 Å². The lowest BCUT2D eigenvalue weighted by molar-refractivity contribution is -0.125. The van der Waals surface area contributed by atoms with Gasteiger partial charge < -0.3 is 14.8 Å². The number of hydrogen-bond donors (Lipinski definition) is 1. The van der Waals surface area contributed by atoms with Gasteiger partial charge in [0.2, 0.25) is 5.91 Å². The fourth-order valence-corrected chi connectivity index (χ4v) is 2.77. The summed E-state index contributed by atoms with van der Waals surface area (Å²) in [5.41, 5.74) is 2.76. The van der Waals surface area contributed by atoms with Crippen molar-refractivity contribution in [3.05, 3.63) is 35.4 Å². The first-order chi connectivity index (χ1) is 10.8. The average Bonchev–Trinajstić information content (AvgIpc) is 2.55. The molecule has 1 aliphatic rings. The fourth-order valence-electron chi connectivity index (χ4n) is 2.77. The van der Waals surface area contributed by atoms with E-state index in [9.17, 15) is 4.79 Å². The molecule has 0 fully saturated rings. The lowest BCUT2D eigenvalue weighted by Crippen LogP contribution is -2.29. The quantitative estimate of drug-likeness (QED) is 0.713. The number of benzene rings is 1. The van der Waals surface area contributed by atoms with Crippen LogP contribution in [-0.2, 0) is 20.7 Å². The Morgan fingerprint density at radius 3 is 3.05 bits per heavy atom. The van der Waals surface area contributed by atoms with E-state index in [0.717, 1.165) is 25.7 Å². The lowest BCUT2D eigenvalue weighted by Gasteiger charge is -2.25. The molecule has 0 spiro atoms. The number of aryl methyl sites for hydroxylation is 1. The van der Waals surface area contributed by atoms with Crippen molar-refractivity contribution in [2.24, 2.45) is 0 Å². The number of amides is 1. The van der Waals surface area contributed by atoms with Crippen LogP contribution in [0, 0.1) is 0 Å². The van der Waals surface area contributed by atoms with Gasteiger partial charge in [-0.25, -0.2) is 0 Å². The van der Waals surface area contributed by atoms with Crippen molar-refractivity contribution in [1.82, 2.24) is 5.32 Å². The molecule has 0 aliphatic heterocycles. The van der Waals surface area contributed by atoms with Crippen molar-refractivity contribution < 1.29 is 14.3 Å². The summed E-state index contributed by atoms with van der Waals surface area (Å²) >= 11 is 0.